The van der Waals surface area contributed by atoms with Crippen LogP contribution in [0.25, 0.3) is 0 Å². The Bertz CT molecular complexity index is 193. The van der Waals surface area contributed by atoms with Crippen LogP contribution in [-0.2, 0) is 14.2 Å². The molecule has 0 saturated heterocycles. The van der Waals surface area contributed by atoms with Gasteiger partial charge in [0.1, 0.15) is 0 Å². The van der Waals surface area contributed by atoms with Gasteiger partial charge in [-0.2, -0.15) is 0 Å². The summed E-state index contributed by atoms with van der Waals surface area (Å²) in [7, 11) is 0. The van der Waals surface area contributed by atoms with E-state index >= 15 is 0 Å². The molecule has 0 atom stereocenters. The van der Waals surface area contributed by atoms with Crippen molar-refractivity contribution in [2.24, 2.45) is 0 Å². The fourth-order valence-corrected chi connectivity index (χ4v) is 1.67. The molecule has 0 amide bonds. The maximum atomic E-state index is 5.49. The van der Waals surface area contributed by atoms with Crippen LogP contribution in [0.5, 0.6) is 0 Å². The predicted octanol–water partition coefficient (Wildman–Crippen LogP) is 3.00. The molecule has 122 valence electrons. The van der Waals surface area contributed by atoms with E-state index in [1.807, 2.05) is 0 Å². The van der Waals surface area contributed by atoms with Gasteiger partial charge in [-0.3, -0.25) is 0 Å². The Kier molecular flexibility index (Phi) is 13.7. The molecule has 0 aliphatic carbocycles. The quantitative estimate of drug-likeness (QED) is 0.499. The molecule has 0 aromatic heterocycles. The summed E-state index contributed by atoms with van der Waals surface area (Å²) in [6, 6.07) is 0. The van der Waals surface area contributed by atoms with Crippen molar-refractivity contribution in [3.05, 3.63) is 0 Å². The van der Waals surface area contributed by atoms with Crippen LogP contribution in [0, 0.1) is 0 Å². The van der Waals surface area contributed by atoms with E-state index in [9.17, 15) is 0 Å². The van der Waals surface area contributed by atoms with Gasteiger partial charge in [0.15, 0.2) is 0 Å². The number of unbranched alkanes of at least 4 members (excludes halogenated alkanes) is 3. The summed E-state index contributed by atoms with van der Waals surface area (Å²) in [5.41, 5.74) is 0.161. The van der Waals surface area contributed by atoms with Gasteiger partial charge in [-0.15, -0.1) is 0 Å². The summed E-state index contributed by atoms with van der Waals surface area (Å²) >= 11 is 0. The number of nitrogens with one attached hydrogen (secondary N) is 1. The summed E-state index contributed by atoms with van der Waals surface area (Å²) < 4.78 is 16.4. The lowest BCUT2D eigenvalue weighted by molar-refractivity contribution is 0.0139. The molecule has 4 heteroatoms. The molecule has 4 nitrogen and oxygen atoms in total. The second-order valence-electron chi connectivity index (χ2n) is 6.07. The monoisotopic (exact) mass is 289 g/mol. The van der Waals surface area contributed by atoms with Crippen LogP contribution in [0.4, 0.5) is 0 Å². The highest BCUT2D eigenvalue weighted by molar-refractivity contribution is 4.69. The molecular formula is C16H35NO3. The molecule has 0 aromatic carbocycles. The molecule has 0 radical (unpaired) electrons. The third-order valence-corrected chi connectivity index (χ3v) is 2.79. The fourth-order valence-electron chi connectivity index (χ4n) is 1.67. The number of hydrogen-bond acceptors (Lipinski definition) is 4. The van der Waals surface area contributed by atoms with Gasteiger partial charge in [-0.1, -0.05) is 26.2 Å². The van der Waals surface area contributed by atoms with Crippen LogP contribution in [-0.4, -0.2) is 51.7 Å². The molecule has 0 rings (SSSR count). The molecule has 1 N–H and O–H groups in total. The van der Waals surface area contributed by atoms with Crippen LogP contribution in [0.15, 0.2) is 0 Å². The Hall–Kier alpha value is -0.160. The van der Waals surface area contributed by atoms with Crippen molar-refractivity contribution in [3.63, 3.8) is 0 Å². The molecule has 0 heterocycles. The summed E-state index contributed by atoms with van der Waals surface area (Å²) in [5, 5.41) is 3.38. The van der Waals surface area contributed by atoms with Gasteiger partial charge < -0.3 is 19.5 Å². The molecule has 0 aliphatic rings. The standard InChI is InChI=1S/C16H35NO3/c1-5-6-7-8-10-18-12-14-20-15-13-19-11-9-17-16(2,3)4/h17H,5-15H2,1-4H3. The maximum Gasteiger partial charge on any atom is 0.0701 e. The summed E-state index contributed by atoms with van der Waals surface area (Å²) in [5.74, 6) is 0. The van der Waals surface area contributed by atoms with Crippen LogP contribution >= 0.6 is 0 Å². The van der Waals surface area contributed by atoms with E-state index in [1.165, 1.54) is 19.3 Å². The first-order valence-corrected chi connectivity index (χ1v) is 8.04. The topological polar surface area (TPSA) is 39.7 Å². The largest absolute Gasteiger partial charge is 0.379 e. The Morgan fingerprint density at radius 1 is 0.700 bits per heavy atom. The Balaban J connectivity index is 2.99. The van der Waals surface area contributed by atoms with Crippen molar-refractivity contribution in [3.8, 4) is 0 Å². The van der Waals surface area contributed by atoms with E-state index in [1.54, 1.807) is 0 Å². The van der Waals surface area contributed by atoms with Crippen molar-refractivity contribution in [2.75, 3.05) is 46.2 Å². The molecule has 0 saturated carbocycles. The lowest BCUT2D eigenvalue weighted by atomic mass is 10.1. The summed E-state index contributed by atoms with van der Waals surface area (Å²) in [4.78, 5) is 0. The fraction of sp³-hybridized carbons (Fsp3) is 1.00. The van der Waals surface area contributed by atoms with Crippen LogP contribution in [0.3, 0.4) is 0 Å². The van der Waals surface area contributed by atoms with E-state index in [0.29, 0.717) is 26.4 Å². The Morgan fingerprint density at radius 2 is 1.25 bits per heavy atom. The van der Waals surface area contributed by atoms with Crippen molar-refractivity contribution in [1.82, 2.24) is 5.32 Å². The molecule has 0 spiro atoms. The van der Waals surface area contributed by atoms with Crippen molar-refractivity contribution >= 4 is 0 Å². The van der Waals surface area contributed by atoms with Crippen molar-refractivity contribution < 1.29 is 14.2 Å². The van der Waals surface area contributed by atoms with Crippen LogP contribution in [0.1, 0.15) is 53.4 Å². The highest BCUT2D eigenvalue weighted by atomic mass is 16.5. The van der Waals surface area contributed by atoms with Gasteiger partial charge in [0, 0.05) is 18.7 Å². The van der Waals surface area contributed by atoms with Gasteiger partial charge in [0.05, 0.1) is 33.0 Å². The minimum atomic E-state index is 0.161. The number of ether oxygens (including phenoxy) is 3. The summed E-state index contributed by atoms with van der Waals surface area (Å²) in [6.45, 7) is 13.8. The third-order valence-electron chi connectivity index (χ3n) is 2.79. The predicted molar refractivity (Wildman–Crippen MR) is 84.4 cm³/mol. The maximum absolute atomic E-state index is 5.49. The van der Waals surface area contributed by atoms with E-state index in [2.05, 4.69) is 33.0 Å². The molecular weight excluding hydrogens is 254 g/mol. The van der Waals surface area contributed by atoms with E-state index in [4.69, 9.17) is 14.2 Å². The molecule has 0 unspecified atom stereocenters. The van der Waals surface area contributed by atoms with Gasteiger partial charge in [0.25, 0.3) is 0 Å². The van der Waals surface area contributed by atoms with Gasteiger partial charge >= 0.3 is 0 Å². The van der Waals surface area contributed by atoms with Gasteiger partial charge in [-0.25, -0.2) is 0 Å². The SMILES string of the molecule is CCCCCCOCCOCCOCCNC(C)(C)C. The zero-order valence-corrected chi connectivity index (χ0v) is 14.0. The Morgan fingerprint density at radius 3 is 1.80 bits per heavy atom. The molecule has 0 fully saturated rings. The lowest BCUT2D eigenvalue weighted by Crippen LogP contribution is -2.38. The third kappa shape index (κ3) is 17.8. The second-order valence-corrected chi connectivity index (χ2v) is 6.07. The highest BCUT2D eigenvalue weighted by Gasteiger charge is 2.06. The second kappa shape index (κ2) is 13.8. The van der Waals surface area contributed by atoms with Crippen LogP contribution < -0.4 is 5.32 Å². The molecule has 20 heavy (non-hydrogen) atoms. The number of hydrogen-bond donors (Lipinski definition) is 1. The zero-order chi connectivity index (χ0) is 15.1. The van der Waals surface area contributed by atoms with E-state index < -0.39 is 0 Å². The first-order valence-electron chi connectivity index (χ1n) is 8.04. The first-order chi connectivity index (χ1) is 9.56. The molecule has 0 bridgehead atoms. The first kappa shape index (κ1) is 19.8. The smallest absolute Gasteiger partial charge is 0.0701 e. The lowest BCUT2D eigenvalue weighted by Gasteiger charge is -2.20. The number of rotatable bonds is 14. The molecule has 0 aliphatic heterocycles. The minimum absolute atomic E-state index is 0.161. The average Bonchev–Trinajstić information content (AvgIpc) is 2.38. The minimum Gasteiger partial charge on any atom is -0.379 e. The van der Waals surface area contributed by atoms with Gasteiger partial charge in [0.2, 0.25) is 0 Å². The van der Waals surface area contributed by atoms with Crippen LogP contribution in [0.2, 0.25) is 0 Å². The van der Waals surface area contributed by atoms with E-state index in [-0.39, 0.29) is 5.54 Å². The van der Waals surface area contributed by atoms with Crippen molar-refractivity contribution in [2.45, 2.75) is 58.9 Å². The van der Waals surface area contributed by atoms with Gasteiger partial charge in [-0.05, 0) is 27.2 Å². The highest BCUT2D eigenvalue weighted by Crippen LogP contribution is 1.98. The normalized spacial score (nSPS) is 12.0. The zero-order valence-electron chi connectivity index (χ0n) is 14.0. The van der Waals surface area contributed by atoms with E-state index in [0.717, 1.165) is 26.2 Å². The molecule has 0 aromatic rings. The van der Waals surface area contributed by atoms with Crippen molar-refractivity contribution in [1.29, 1.82) is 0 Å². The summed E-state index contributed by atoms with van der Waals surface area (Å²) in [6.07, 6.45) is 5.02. The Labute approximate surface area is 125 Å². The average molecular weight is 289 g/mol.